The zero-order chi connectivity index (χ0) is 25.7. The minimum absolute atomic E-state index is 0.181. The number of para-hydroxylation sites is 1. The van der Waals surface area contributed by atoms with Gasteiger partial charge in [-0.2, -0.15) is 5.10 Å². The summed E-state index contributed by atoms with van der Waals surface area (Å²) in [5.41, 5.74) is 1.55. The molecule has 0 saturated heterocycles. The van der Waals surface area contributed by atoms with Gasteiger partial charge in [0.1, 0.15) is 0 Å². The molecule has 1 amide bonds. The molecule has 4 rings (SSSR count). The number of rotatable bonds is 9. The molecule has 1 aliphatic rings. The van der Waals surface area contributed by atoms with Gasteiger partial charge < -0.3 is 14.2 Å². The van der Waals surface area contributed by atoms with Crippen molar-refractivity contribution in [3.05, 3.63) is 86.1 Å². The fraction of sp³-hybridized carbons (Fsp3) is 0.240. The number of esters is 1. The highest BCUT2D eigenvalue weighted by Gasteiger charge is 2.34. The van der Waals surface area contributed by atoms with E-state index in [-0.39, 0.29) is 17.7 Å². The number of carbonyl (C=O) groups is 2. The number of ether oxygens (including phenoxy) is 3. The van der Waals surface area contributed by atoms with Gasteiger partial charge in [-0.1, -0.05) is 30.3 Å². The monoisotopic (exact) mass is 509 g/mol. The third-order valence-corrected chi connectivity index (χ3v) is 6.56. The number of nitro groups is 1. The van der Waals surface area contributed by atoms with Crippen LogP contribution in [-0.2, 0) is 20.7 Å². The first-order valence-electron chi connectivity index (χ1n) is 10.9. The third-order valence-electron chi connectivity index (χ3n) is 5.64. The average molecular weight is 510 g/mol. The summed E-state index contributed by atoms with van der Waals surface area (Å²) in [5, 5.41) is 19.0. The van der Waals surface area contributed by atoms with E-state index >= 15 is 0 Å². The Balaban J connectivity index is 1.51. The third kappa shape index (κ3) is 5.36. The second-order valence-corrected chi connectivity index (χ2v) is 8.77. The Kier molecular flexibility index (Phi) is 7.59. The molecule has 1 aromatic heterocycles. The second kappa shape index (κ2) is 11.0. The van der Waals surface area contributed by atoms with Crippen LogP contribution in [0.3, 0.4) is 0 Å². The lowest BCUT2D eigenvalue weighted by Crippen LogP contribution is -2.31. The molecule has 0 bridgehead atoms. The summed E-state index contributed by atoms with van der Waals surface area (Å²) in [4.78, 5) is 37.1. The lowest BCUT2D eigenvalue weighted by atomic mass is 10.0. The SMILES string of the molecule is COc1ccc(C2CC(c3cccs3)=NN2C(=O)COC(=O)Cc2ccccc2[N+](=O)[O-])cc1OC. The number of carbonyl (C=O) groups excluding carboxylic acids is 2. The normalized spacial score (nSPS) is 14.8. The molecular weight excluding hydrogens is 486 g/mol. The van der Waals surface area contributed by atoms with Crippen molar-refractivity contribution in [3.63, 3.8) is 0 Å². The van der Waals surface area contributed by atoms with Crippen LogP contribution in [0.15, 0.2) is 65.1 Å². The highest BCUT2D eigenvalue weighted by molar-refractivity contribution is 7.12. The van der Waals surface area contributed by atoms with Gasteiger partial charge in [0.2, 0.25) is 0 Å². The van der Waals surface area contributed by atoms with Gasteiger partial charge in [0.15, 0.2) is 18.1 Å². The van der Waals surface area contributed by atoms with E-state index in [0.29, 0.717) is 17.9 Å². The van der Waals surface area contributed by atoms with E-state index in [2.05, 4.69) is 5.10 Å². The van der Waals surface area contributed by atoms with E-state index in [0.717, 1.165) is 16.2 Å². The molecule has 3 aromatic rings. The number of hydrazone groups is 1. The predicted octanol–water partition coefficient (Wildman–Crippen LogP) is 4.14. The van der Waals surface area contributed by atoms with Crippen LogP contribution in [0.25, 0.3) is 0 Å². The number of nitro benzene ring substituents is 1. The number of benzene rings is 2. The first-order chi connectivity index (χ1) is 17.4. The van der Waals surface area contributed by atoms with E-state index < -0.39 is 29.4 Å². The van der Waals surface area contributed by atoms with E-state index in [4.69, 9.17) is 14.2 Å². The van der Waals surface area contributed by atoms with Crippen LogP contribution < -0.4 is 9.47 Å². The van der Waals surface area contributed by atoms with Crippen LogP contribution >= 0.6 is 11.3 Å². The number of thiophene rings is 1. The molecule has 0 fully saturated rings. The summed E-state index contributed by atoms with van der Waals surface area (Å²) in [5.74, 6) is -0.192. The molecule has 186 valence electrons. The number of hydrogen-bond donors (Lipinski definition) is 0. The quantitative estimate of drug-likeness (QED) is 0.241. The van der Waals surface area contributed by atoms with Crippen LogP contribution in [-0.4, -0.2) is 48.3 Å². The first kappa shape index (κ1) is 24.9. The van der Waals surface area contributed by atoms with E-state index in [9.17, 15) is 19.7 Å². The maximum atomic E-state index is 13.1. The minimum atomic E-state index is -0.748. The Morgan fingerprint density at radius 1 is 1.11 bits per heavy atom. The van der Waals surface area contributed by atoms with Gasteiger partial charge >= 0.3 is 5.97 Å². The predicted molar refractivity (Wildman–Crippen MR) is 132 cm³/mol. The molecule has 11 heteroatoms. The summed E-state index contributed by atoms with van der Waals surface area (Å²) >= 11 is 1.51. The summed E-state index contributed by atoms with van der Waals surface area (Å²) in [7, 11) is 3.07. The maximum absolute atomic E-state index is 13.1. The molecule has 0 aliphatic carbocycles. The highest BCUT2D eigenvalue weighted by Crippen LogP contribution is 2.37. The number of amides is 1. The largest absolute Gasteiger partial charge is 0.493 e. The van der Waals surface area contributed by atoms with Crippen molar-refractivity contribution in [2.45, 2.75) is 18.9 Å². The maximum Gasteiger partial charge on any atom is 0.311 e. The zero-order valence-corrected chi connectivity index (χ0v) is 20.4. The van der Waals surface area contributed by atoms with E-state index in [1.54, 1.807) is 25.3 Å². The van der Waals surface area contributed by atoms with Gasteiger partial charge in [0, 0.05) is 18.1 Å². The highest BCUT2D eigenvalue weighted by atomic mass is 32.1. The Bertz CT molecular complexity index is 1310. The van der Waals surface area contributed by atoms with Crippen molar-refractivity contribution < 1.29 is 28.7 Å². The Labute approximate surface area is 210 Å². The van der Waals surface area contributed by atoms with Crippen molar-refractivity contribution in [1.29, 1.82) is 0 Å². The molecule has 1 unspecified atom stereocenters. The standard InChI is InChI=1S/C25H23N3O7S/c1-33-21-10-9-17(12-22(21)34-2)20-14-18(23-8-5-11-36-23)26-27(20)24(29)15-35-25(30)13-16-6-3-4-7-19(16)28(31)32/h3-12,20H,13-15H2,1-2H3. The van der Waals surface area contributed by atoms with Crippen molar-refractivity contribution >= 4 is 34.6 Å². The molecule has 2 heterocycles. The van der Waals surface area contributed by atoms with Gasteiger partial charge in [-0.15, -0.1) is 11.3 Å². The number of hydrogen-bond acceptors (Lipinski definition) is 9. The van der Waals surface area contributed by atoms with Crippen LogP contribution in [0.2, 0.25) is 0 Å². The number of nitrogens with zero attached hydrogens (tertiary/aromatic N) is 3. The molecule has 2 aromatic carbocycles. The fourth-order valence-electron chi connectivity index (χ4n) is 3.90. The molecule has 10 nitrogen and oxygen atoms in total. The molecule has 1 aliphatic heterocycles. The summed E-state index contributed by atoms with van der Waals surface area (Å²) in [6.07, 6.45) is 0.138. The first-order valence-corrected chi connectivity index (χ1v) is 11.8. The number of methoxy groups -OCH3 is 2. The van der Waals surface area contributed by atoms with Gasteiger partial charge in [0.05, 0.1) is 42.2 Å². The Morgan fingerprint density at radius 2 is 1.89 bits per heavy atom. The van der Waals surface area contributed by atoms with Crippen molar-refractivity contribution in [1.82, 2.24) is 5.01 Å². The van der Waals surface area contributed by atoms with Crippen LogP contribution in [0.4, 0.5) is 5.69 Å². The summed E-state index contributed by atoms with van der Waals surface area (Å²) < 4.78 is 15.9. The summed E-state index contributed by atoms with van der Waals surface area (Å²) in [6, 6.07) is 14.7. The molecule has 0 radical (unpaired) electrons. The second-order valence-electron chi connectivity index (χ2n) is 7.82. The molecule has 0 N–H and O–H groups in total. The zero-order valence-electron chi connectivity index (χ0n) is 19.6. The molecule has 36 heavy (non-hydrogen) atoms. The van der Waals surface area contributed by atoms with E-state index in [1.165, 1.54) is 41.7 Å². The van der Waals surface area contributed by atoms with Crippen molar-refractivity contribution in [2.75, 3.05) is 20.8 Å². The van der Waals surface area contributed by atoms with Crippen molar-refractivity contribution in [2.24, 2.45) is 5.10 Å². The van der Waals surface area contributed by atoms with Gasteiger partial charge in [-0.05, 0) is 29.1 Å². The molecule has 0 saturated carbocycles. The van der Waals surface area contributed by atoms with Crippen LogP contribution in [0, 0.1) is 10.1 Å². The van der Waals surface area contributed by atoms with Crippen LogP contribution in [0.1, 0.15) is 28.5 Å². The lowest BCUT2D eigenvalue weighted by Gasteiger charge is -2.22. The summed E-state index contributed by atoms with van der Waals surface area (Å²) in [6.45, 7) is -0.551. The average Bonchev–Trinajstić information content (AvgIpc) is 3.57. The molecular formula is C25H23N3O7S. The van der Waals surface area contributed by atoms with E-state index in [1.807, 2.05) is 23.6 Å². The molecule has 0 spiro atoms. The smallest absolute Gasteiger partial charge is 0.311 e. The van der Waals surface area contributed by atoms with Crippen molar-refractivity contribution in [3.8, 4) is 11.5 Å². The lowest BCUT2D eigenvalue weighted by molar-refractivity contribution is -0.385. The van der Waals surface area contributed by atoms with Gasteiger partial charge in [-0.25, -0.2) is 5.01 Å². The topological polar surface area (TPSA) is 121 Å². The molecule has 1 atom stereocenters. The Hall–Kier alpha value is -4.25. The fourth-order valence-corrected chi connectivity index (χ4v) is 4.63. The van der Waals surface area contributed by atoms with Crippen LogP contribution in [0.5, 0.6) is 11.5 Å². The minimum Gasteiger partial charge on any atom is -0.493 e. The Morgan fingerprint density at radius 3 is 2.58 bits per heavy atom. The van der Waals surface area contributed by atoms with Gasteiger partial charge in [-0.3, -0.25) is 19.7 Å². The van der Waals surface area contributed by atoms with Gasteiger partial charge in [0.25, 0.3) is 11.6 Å².